The molecule has 19 heavy (non-hydrogen) atoms. The first kappa shape index (κ1) is 13.7. The van der Waals surface area contributed by atoms with Crippen molar-refractivity contribution in [2.45, 2.75) is 5.51 Å². The van der Waals surface area contributed by atoms with Crippen LogP contribution >= 0.6 is 0 Å². The second-order valence-corrected chi connectivity index (χ2v) is 5.37. The largest absolute Gasteiger partial charge is 0.471 e. The van der Waals surface area contributed by atoms with Gasteiger partial charge in [0.05, 0.1) is 16.9 Å². The van der Waals surface area contributed by atoms with E-state index in [-0.39, 0.29) is 11.1 Å². The molecule has 0 radical (unpaired) electrons. The van der Waals surface area contributed by atoms with Crippen LogP contribution in [0.1, 0.15) is 20.7 Å². The Balaban J connectivity index is 2.11. The highest BCUT2D eigenvalue weighted by Gasteiger charge is 2.39. The average molecular weight is 291 g/mol. The van der Waals surface area contributed by atoms with Gasteiger partial charge in [-0.3, -0.25) is 18.7 Å². The molecule has 0 aliphatic carbocycles. The summed E-state index contributed by atoms with van der Waals surface area (Å²) in [6.45, 7) is -0.515. The number of alkyl halides is 3. The number of halogens is 3. The molecule has 1 aliphatic heterocycles. The Morgan fingerprint density at radius 3 is 1.95 bits per heavy atom. The molecule has 1 unspecified atom stereocenters. The SMILES string of the molecule is O=C1c2ccccc2C(=O)N1CCS(=O)C(F)(F)F. The molecule has 102 valence electrons. The Labute approximate surface area is 108 Å². The second kappa shape index (κ2) is 4.76. The van der Waals surface area contributed by atoms with Gasteiger partial charge in [0.15, 0.2) is 0 Å². The van der Waals surface area contributed by atoms with E-state index < -0.39 is 40.4 Å². The fourth-order valence-corrected chi connectivity index (χ4v) is 2.31. The van der Waals surface area contributed by atoms with Gasteiger partial charge >= 0.3 is 5.51 Å². The van der Waals surface area contributed by atoms with Gasteiger partial charge in [-0.15, -0.1) is 0 Å². The number of benzene rings is 1. The molecule has 2 rings (SSSR count). The first-order valence-electron chi connectivity index (χ1n) is 5.23. The number of hydrogen-bond acceptors (Lipinski definition) is 3. The van der Waals surface area contributed by atoms with Crippen LogP contribution in [-0.2, 0) is 10.8 Å². The molecule has 1 aromatic rings. The molecule has 1 heterocycles. The van der Waals surface area contributed by atoms with Gasteiger partial charge in [-0.2, -0.15) is 13.2 Å². The highest BCUT2D eigenvalue weighted by molar-refractivity contribution is 7.85. The zero-order valence-corrected chi connectivity index (χ0v) is 10.3. The molecular formula is C11H8F3NO3S. The molecule has 0 spiro atoms. The van der Waals surface area contributed by atoms with Gasteiger partial charge in [0.1, 0.15) is 10.8 Å². The van der Waals surface area contributed by atoms with E-state index in [9.17, 15) is 27.0 Å². The van der Waals surface area contributed by atoms with Crippen molar-refractivity contribution in [3.05, 3.63) is 35.4 Å². The molecule has 1 aliphatic rings. The number of hydrogen-bond donors (Lipinski definition) is 0. The van der Waals surface area contributed by atoms with Crippen molar-refractivity contribution >= 4 is 22.6 Å². The third-order valence-corrected chi connectivity index (χ3v) is 3.71. The summed E-state index contributed by atoms with van der Waals surface area (Å²) < 4.78 is 47.1. The molecule has 8 heteroatoms. The quantitative estimate of drug-likeness (QED) is 0.794. The highest BCUT2D eigenvalue weighted by atomic mass is 32.2. The van der Waals surface area contributed by atoms with Crippen molar-refractivity contribution < 1.29 is 27.0 Å². The topological polar surface area (TPSA) is 54.5 Å². The summed E-state index contributed by atoms with van der Waals surface area (Å²) >= 11 is 0. The number of carbonyl (C=O) groups is 2. The van der Waals surface area contributed by atoms with Crippen LogP contribution in [0, 0.1) is 0 Å². The maximum atomic E-state index is 12.1. The predicted molar refractivity (Wildman–Crippen MR) is 60.9 cm³/mol. The lowest BCUT2D eigenvalue weighted by atomic mass is 10.1. The van der Waals surface area contributed by atoms with Crippen molar-refractivity contribution in [3.63, 3.8) is 0 Å². The molecule has 0 aromatic heterocycles. The smallest absolute Gasteiger partial charge is 0.273 e. The predicted octanol–water partition coefficient (Wildman–Crippen LogP) is 1.55. The van der Waals surface area contributed by atoms with Crippen molar-refractivity contribution in [2.75, 3.05) is 12.3 Å². The zero-order valence-electron chi connectivity index (χ0n) is 9.44. The minimum absolute atomic E-state index is 0.158. The maximum absolute atomic E-state index is 12.1. The van der Waals surface area contributed by atoms with Crippen molar-refractivity contribution in [2.24, 2.45) is 0 Å². The standard InChI is InChI=1S/C11H8F3NO3S/c12-11(13,14)19(18)6-5-15-9(16)7-3-1-2-4-8(7)10(15)17/h1-4H,5-6H2. The Kier molecular flexibility index (Phi) is 3.44. The lowest BCUT2D eigenvalue weighted by Gasteiger charge is -2.14. The second-order valence-electron chi connectivity index (χ2n) is 3.80. The number of carbonyl (C=O) groups excluding carboxylic acids is 2. The number of nitrogens with zero attached hydrogens (tertiary/aromatic N) is 1. The van der Waals surface area contributed by atoms with Gasteiger partial charge in [-0.05, 0) is 12.1 Å². The summed E-state index contributed by atoms with van der Waals surface area (Å²) in [4.78, 5) is 24.3. The van der Waals surface area contributed by atoms with Crippen LogP contribution in [0.2, 0.25) is 0 Å². The molecule has 0 fully saturated rings. The molecule has 0 N–H and O–H groups in total. The lowest BCUT2D eigenvalue weighted by Crippen LogP contribution is -2.35. The maximum Gasteiger partial charge on any atom is 0.471 e. The van der Waals surface area contributed by atoms with Crippen molar-refractivity contribution in [1.29, 1.82) is 0 Å². The fraction of sp³-hybridized carbons (Fsp3) is 0.273. The molecule has 0 saturated carbocycles. The Hall–Kier alpha value is -1.70. The monoisotopic (exact) mass is 291 g/mol. The van der Waals surface area contributed by atoms with Crippen LogP contribution in [0.15, 0.2) is 24.3 Å². The summed E-state index contributed by atoms with van der Waals surface area (Å²) in [5, 5.41) is 0. The summed E-state index contributed by atoms with van der Waals surface area (Å²) in [5.41, 5.74) is -4.52. The van der Waals surface area contributed by atoms with E-state index in [2.05, 4.69) is 0 Å². The van der Waals surface area contributed by atoms with E-state index in [1.165, 1.54) is 12.1 Å². The van der Waals surface area contributed by atoms with Crippen LogP contribution in [0.25, 0.3) is 0 Å². The summed E-state index contributed by atoms with van der Waals surface area (Å²) in [6, 6.07) is 5.97. The van der Waals surface area contributed by atoms with E-state index >= 15 is 0 Å². The van der Waals surface area contributed by atoms with Crippen molar-refractivity contribution in [1.82, 2.24) is 4.90 Å². The summed E-state index contributed by atoms with van der Waals surface area (Å²) in [7, 11) is -3.07. The lowest BCUT2D eigenvalue weighted by molar-refractivity contribution is -0.0385. The molecule has 4 nitrogen and oxygen atoms in total. The van der Waals surface area contributed by atoms with Gasteiger partial charge in [-0.1, -0.05) is 12.1 Å². The van der Waals surface area contributed by atoms with Crippen LogP contribution < -0.4 is 0 Å². The number of imide groups is 1. The van der Waals surface area contributed by atoms with E-state index in [1.54, 1.807) is 12.1 Å². The van der Waals surface area contributed by atoms with Crippen LogP contribution in [0.5, 0.6) is 0 Å². The average Bonchev–Trinajstić information content (AvgIpc) is 2.59. The van der Waals surface area contributed by atoms with Gasteiger partial charge in [0.25, 0.3) is 11.8 Å². The van der Waals surface area contributed by atoms with Crippen LogP contribution in [-0.4, -0.2) is 38.7 Å². The normalized spacial score (nSPS) is 16.7. The van der Waals surface area contributed by atoms with E-state index in [1.807, 2.05) is 0 Å². The molecular weight excluding hydrogens is 283 g/mol. The number of amides is 2. The summed E-state index contributed by atoms with van der Waals surface area (Å²) in [5.74, 6) is -2.12. The van der Waals surface area contributed by atoms with Crippen LogP contribution in [0.4, 0.5) is 13.2 Å². The molecule has 0 saturated heterocycles. The molecule has 0 bridgehead atoms. The van der Waals surface area contributed by atoms with Gasteiger partial charge < -0.3 is 0 Å². The van der Waals surface area contributed by atoms with E-state index in [0.717, 1.165) is 0 Å². The summed E-state index contributed by atoms with van der Waals surface area (Å²) in [6.07, 6.45) is 0. The van der Waals surface area contributed by atoms with Gasteiger partial charge in [-0.25, -0.2) is 0 Å². The fourth-order valence-electron chi connectivity index (χ4n) is 1.73. The minimum atomic E-state index is -4.83. The zero-order chi connectivity index (χ0) is 14.2. The number of fused-ring (bicyclic) bond motifs is 1. The highest BCUT2D eigenvalue weighted by Crippen LogP contribution is 2.24. The first-order chi connectivity index (χ1) is 8.82. The van der Waals surface area contributed by atoms with Crippen molar-refractivity contribution in [3.8, 4) is 0 Å². The van der Waals surface area contributed by atoms with Crippen LogP contribution in [0.3, 0.4) is 0 Å². The molecule has 1 aromatic carbocycles. The third kappa shape index (κ3) is 2.53. The number of rotatable bonds is 3. The van der Waals surface area contributed by atoms with E-state index in [4.69, 9.17) is 0 Å². The van der Waals surface area contributed by atoms with Gasteiger partial charge in [0, 0.05) is 6.54 Å². The molecule has 1 atom stereocenters. The molecule has 2 amide bonds. The minimum Gasteiger partial charge on any atom is -0.273 e. The Bertz CT molecular complexity index is 536. The first-order valence-corrected chi connectivity index (χ1v) is 6.54. The van der Waals surface area contributed by atoms with Gasteiger partial charge in [0.2, 0.25) is 0 Å². The third-order valence-electron chi connectivity index (χ3n) is 2.64. The Morgan fingerprint density at radius 1 is 1.05 bits per heavy atom. The van der Waals surface area contributed by atoms with E-state index in [0.29, 0.717) is 4.90 Å². The Morgan fingerprint density at radius 2 is 1.53 bits per heavy atom.